The number of aromatic amines is 1. The minimum atomic E-state index is -5.14. The summed E-state index contributed by atoms with van der Waals surface area (Å²) in [6, 6.07) is 2.65. The van der Waals surface area contributed by atoms with Crippen molar-refractivity contribution in [1.82, 2.24) is 9.97 Å². The number of aromatic nitrogens is 2. The molecule has 0 saturated heterocycles. The molecule has 0 amide bonds. The van der Waals surface area contributed by atoms with Crippen molar-refractivity contribution < 1.29 is 27.5 Å². The van der Waals surface area contributed by atoms with Crippen LogP contribution in [0, 0.1) is 11.6 Å². The number of ketones is 1. The van der Waals surface area contributed by atoms with E-state index >= 15 is 4.39 Å². The van der Waals surface area contributed by atoms with Gasteiger partial charge in [-0.3, -0.25) is 9.52 Å². The van der Waals surface area contributed by atoms with E-state index in [2.05, 4.69) is 9.97 Å². The van der Waals surface area contributed by atoms with E-state index in [9.17, 15) is 17.6 Å². The Bertz CT molecular complexity index is 1310. The molecule has 3 rings (SSSR count). The first-order valence-electron chi connectivity index (χ1n) is 9.35. The van der Waals surface area contributed by atoms with Gasteiger partial charge in [-0.2, -0.15) is 0 Å². The lowest BCUT2D eigenvalue weighted by molar-refractivity contribution is 0.103. The third-order valence-corrected chi connectivity index (χ3v) is 4.71. The van der Waals surface area contributed by atoms with Gasteiger partial charge in [0.25, 0.3) is 0 Å². The fraction of sp³-hybridized carbons (Fsp3) is 0.176. The van der Waals surface area contributed by atoms with Crippen LogP contribution < -0.4 is 4.72 Å². The Labute approximate surface area is 164 Å². The highest BCUT2D eigenvalue weighted by atomic mass is 35.5. The predicted octanol–water partition coefficient (Wildman–Crippen LogP) is 3.88. The first-order chi connectivity index (χ1) is 14.2. The number of H-pyrrole nitrogens is 1. The number of rotatable bonds is 6. The molecule has 27 heavy (non-hydrogen) atoms. The van der Waals surface area contributed by atoms with Crippen molar-refractivity contribution in [3.8, 4) is 0 Å². The molecule has 6 nitrogen and oxygen atoms in total. The van der Waals surface area contributed by atoms with Crippen molar-refractivity contribution in [3.05, 3.63) is 58.4 Å². The van der Waals surface area contributed by atoms with Crippen molar-refractivity contribution in [3.63, 3.8) is 0 Å². The van der Waals surface area contributed by atoms with Crippen LogP contribution in [0.4, 0.5) is 14.5 Å². The summed E-state index contributed by atoms with van der Waals surface area (Å²) in [6.07, 6.45) is -0.397. The zero-order valence-electron chi connectivity index (χ0n) is 17.6. The molecule has 0 bridgehead atoms. The van der Waals surface area contributed by atoms with E-state index in [-0.39, 0.29) is 21.6 Å². The summed E-state index contributed by atoms with van der Waals surface area (Å²) < 4.78 is 85.5. The van der Waals surface area contributed by atoms with Gasteiger partial charge in [0.2, 0.25) is 15.8 Å². The van der Waals surface area contributed by atoms with E-state index in [1.54, 1.807) is 4.72 Å². The molecule has 3 aromatic rings. The zero-order chi connectivity index (χ0) is 23.4. The molecule has 0 aliphatic rings. The van der Waals surface area contributed by atoms with Crippen LogP contribution in [-0.2, 0) is 10.0 Å². The summed E-state index contributed by atoms with van der Waals surface area (Å²) >= 11 is 5.86. The van der Waals surface area contributed by atoms with Crippen molar-refractivity contribution in [1.29, 1.82) is 0 Å². The van der Waals surface area contributed by atoms with Crippen molar-refractivity contribution in [2.45, 2.75) is 13.3 Å². The highest BCUT2D eigenvalue weighted by molar-refractivity contribution is 7.92. The second-order valence-corrected chi connectivity index (χ2v) is 7.17. The number of benzene rings is 1. The quantitative estimate of drug-likeness (QED) is 0.595. The Balaban J connectivity index is 2.09. The molecule has 0 aliphatic heterocycles. The normalized spacial score (nSPS) is 15.0. The van der Waals surface area contributed by atoms with Crippen molar-refractivity contribution in [2.24, 2.45) is 0 Å². The lowest BCUT2D eigenvalue weighted by atomic mass is 10.0. The lowest BCUT2D eigenvalue weighted by Crippen LogP contribution is -2.18. The highest BCUT2D eigenvalue weighted by Gasteiger charge is 2.25. The number of fused-ring (bicyclic) bond motifs is 1. The standard InChI is InChI=1S/C17H14ClF2N3O3S/c1-2-5-27(25,26)23-13-4-3-12(19)14(15(13)20)16(24)11-8-22-17-10(11)6-9(18)7-21-17/h3-4,6-8,23H,2,5H2,1H3,(H,21,22)/i2D2,5D2. The summed E-state index contributed by atoms with van der Waals surface area (Å²) in [4.78, 5) is 19.5. The van der Waals surface area contributed by atoms with E-state index in [1.807, 2.05) is 0 Å². The number of sulfonamides is 1. The fourth-order valence-corrected chi connectivity index (χ4v) is 3.37. The molecule has 1 aromatic carbocycles. The molecule has 0 atom stereocenters. The number of halogens is 3. The first kappa shape index (κ1) is 14.5. The average molecular weight is 418 g/mol. The number of pyridine rings is 1. The molecule has 0 unspecified atom stereocenters. The van der Waals surface area contributed by atoms with Gasteiger partial charge in [0.1, 0.15) is 11.5 Å². The summed E-state index contributed by atoms with van der Waals surface area (Å²) in [6.45, 7) is 0.693. The van der Waals surface area contributed by atoms with Crippen LogP contribution in [0.2, 0.25) is 5.02 Å². The van der Waals surface area contributed by atoms with E-state index in [0.717, 1.165) is 6.20 Å². The van der Waals surface area contributed by atoms with Crippen LogP contribution in [0.15, 0.2) is 30.6 Å². The van der Waals surface area contributed by atoms with Gasteiger partial charge in [-0.1, -0.05) is 18.5 Å². The lowest BCUT2D eigenvalue weighted by Gasteiger charge is -2.11. The average Bonchev–Trinajstić information content (AvgIpc) is 3.06. The van der Waals surface area contributed by atoms with Gasteiger partial charge >= 0.3 is 0 Å². The molecular formula is C17H14ClF2N3O3S. The third kappa shape index (κ3) is 3.79. The van der Waals surface area contributed by atoms with Crippen LogP contribution in [0.5, 0.6) is 0 Å². The predicted molar refractivity (Wildman–Crippen MR) is 98.6 cm³/mol. The maximum Gasteiger partial charge on any atom is 0.232 e. The minimum Gasteiger partial charge on any atom is -0.345 e. The fourth-order valence-electron chi connectivity index (χ4n) is 2.44. The summed E-state index contributed by atoms with van der Waals surface area (Å²) in [5.74, 6) is -4.02. The van der Waals surface area contributed by atoms with Crippen LogP contribution in [0.3, 0.4) is 0 Å². The van der Waals surface area contributed by atoms with Crippen molar-refractivity contribution >= 4 is 44.1 Å². The second kappa shape index (κ2) is 7.24. The Kier molecular flexibility index (Phi) is 3.90. The number of carbonyl (C=O) groups is 1. The number of nitrogens with one attached hydrogen (secondary N) is 2. The molecular weight excluding hydrogens is 400 g/mol. The Morgan fingerprint density at radius 1 is 1.41 bits per heavy atom. The molecule has 2 aromatic heterocycles. The highest BCUT2D eigenvalue weighted by Crippen LogP contribution is 2.28. The topological polar surface area (TPSA) is 91.9 Å². The van der Waals surface area contributed by atoms with Crippen LogP contribution in [0.25, 0.3) is 11.0 Å². The van der Waals surface area contributed by atoms with Crippen molar-refractivity contribution in [2.75, 3.05) is 10.4 Å². The van der Waals surface area contributed by atoms with Gasteiger partial charge in [0.15, 0.2) is 5.82 Å². The van der Waals surface area contributed by atoms with E-state index in [1.165, 1.54) is 12.3 Å². The molecule has 2 N–H and O–H groups in total. The maximum absolute atomic E-state index is 15.0. The first-order valence-corrected chi connectivity index (χ1v) is 9.21. The minimum absolute atomic E-state index is 0.166. The molecule has 142 valence electrons. The zero-order valence-corrected chi connectivity index (χ0v) is 15.2. The number of nitrogens with zero attached hydrogens (tertiary/aromatic N) is 1. The van der Waals surface area contributed by atoms with Gasteiger partial charge in [0.05, 0.1) is 22.0 Å². The molecule has 0 saturated carbocycles. The molecule has 0 spiro atoms. The summed E-state index contributed by atoms with van der Waals surface area (Å²) in [5, 5.41) is 0.345. The molecule has 0 fully saturated rings. The van der Waals surface area contributed by atoms with Gasteiger partial charge in [-0.15, -0.1) is 0 Å². The van der Waals surface area contributed by atoms with Crippen LogP contribution in [-0.4, -0.2) is 29.9 Å². The van der Waals surface area contributed by atoms with Crippen LogP contribution >= 0.6 is 11.6 Å². The summed E-state index contributed by atoms with van der Waals surface area (Å²) in [7, 11) is -5.14. The Morgan fingerprint density at radius 2 is 2.15 bits per heavy atom. The number of hydrogen-bond acceptors (Lipinski definition) is 4. The largest absolute Gasteiger partial charge is 0.345 e. The van der Waals surface area contributed by atoms with Crippen LogP contribution in [0.1, 0.15) is 34.7 Å². The maximum atomic E-state index is 15.0. The Morgan fingerprint density at radius 3 is 2.85 bits per heavy atom. The Hall–Kier alpha value is -2.52. The van der Waals surface area contributed by atoms with E-state index in [4.69, 9.17) is 17.1 Å². The number of carbonyl (C=O) groups excluding carboxylic acids is 1. The molecule has 0 aliphatic carbocycles. The number of hydrogen-bond donors (Lipinski definition) is 2. The summed E-state index contributed by atoms with van der Waals surface area (Å²) in [5.41, 5.74) is -5.44. The molecule has 0 radical (unpaired) electrons. The molecule has 2 heterocycles. The monoisotopic (exact) mass is 417 g/mol. The number of anilines is 1. The van der Waals surface area contributed by atoms with Gasteiger partial charge in [-0.25, -0.2) is 22.2 Å². The van der Waals surface area contributed by atoms with E-state index in [0.29, 0.717) is 19.1 Å². The van der Waals surface area contributed by atoms with Gasteiger partial charge < -0.3 is 4.98 Å². The SMILES string of the molecule is [2H]C([2H])(C)C([2H])([2H])S(=O)(=O)Nc1ccc(F)c(C(=O)c2c[nH]c3ncc(Cl)cc23)c1F. The van der Waals surface area contributed by atoms with Gasteiger partial charge in [-0.05, 0) is 24.6 Å². The third-order valence-electron chi connectivity index (χ3n) is 3.54. The van der Waals surface area contributed by atoms with E-state index < -0.39 is 50.8 Å². The smallest absolute Gasteiger partial charge is 0.232 e. The van der Waals surface area contributed by atoms with Gasteiger partial charge in [0, 0.05) is 28.8 Å². The second-order valence-electron chi connectivity index (χ2n) is 5.32. The molecule has 10 heteroatoms.